The molecule has 0 aliphatic rings. The van der Waals surface area contributed by atoms with E-state index in [1.54, 1.807) is 6.07 Å². The normalized spacial score (nSPS) is 11.6. The van der Waals surface area contributed by atoms with Crippen LogP contribution < -0.4 is 5.73 Å². The molecule has 1 nitrogen and oxygen atoms in total. The highest BCUT2D eigenvalue weighted by atomic mass is 19.4. The predicted molar refractivity (Wildman–Crippen MR) is 64.7 cm³/mol. The molecule has 100 valence electrons. The fraction of sp³-hybridized carbons (Fsp3) is 0.143. The Kier molecular flexibility index (Phi) is 3.57. The molecule has 0 saturated carbocycles. The van der Waals surface area contributed by atoms with Crippen LogP contribution in [0.3, 0.4) is 0 Å². The van der Waals surface area contributed by atoms with Gasteiger partial charge in [0.15, 0.2) is 0 Å². The number of halogens is 4. The lowest BCUT2D eigenvalue weighted by molar-refractivity contribution is -0.137. The summed E-state index contributed by atoms with van der Waals surface area (Å²) in [5, 5.41) is 0. The van der Waals surface area contributed by atoms with Crippen LogP contribution in [0.15, 0.2) is 42.5 Å². The molecule has 0 heterocycles. The molecular formula is C14H11F4N. The standard InChI is InChI=1S/C14H11F4N/c15-13-3-1-10(2-4-13)11-5-9(8-19)6-12(7-11)14(16,17)18/h1-7H,8,19H2. The van der Waals surface area contributed by atoms with Gasteiger partial charge in [-0.15, -0.1) is 0 Å². The minimum absolute atomic E-state index is 0.0120. The third-order valence-electron chi connectivity index (χ3n) is 2.73. The van der Waals surface area contributed by atoms with E-state index in [9.17, 15) is 17.6 Å². The van der Waals surface area contributed by atoms with Crippen molar-refractivity contribution in [1.29, 1.82) is 0 Å². The number of alkyl halides is 3. The molecule has 0 aliphatic carbocycles. The highest BCUT2D eigenvalue weighted by molar-refractivity contribution is 5.65. The van der Waals surface area contributed by atoms with Gasteiger partial charge in [-0.05, 0) is 47.0 Å². The Morgan fingerprint density at radius 3 is 2.05 bits per heavy atom. The first-order valence-electron chi connectivity index (χ1n) is 5.57. The molecule has 2 aromatic carbocycles. The van der Waals surface area contributed by atoms with Crippen LogP contribution in [0.2, 0.25) is 0 Å². The van der Waals surface area contributed by atoms with Gasteiger partial charge in [0.2, 0.25) is 0 Å². The summed E-state index contributed by atoms with van der Waals surface area (Å²) in [4.78, 5) is 0. The van der Waals surface area contributed by atoms with Crippen molar-refractivity contribution in [3.8, 4) is 11.1 Å². The van der Waals surface area contributed by atoms with E-state index >= 15 is 0 Å². The number of hydrogen-bond acceptors (Lipinski definition) is 1. The van der Waals surface area contributed by atoms with Gasteiger partial charge in [0.25, 0.3) is 0 Å². The maximum absolute atomic E-state index is 12.8. The summed E-state index contributed by atoms with van der Waals surface area (Å²) in [6.07, 6.45) is -4.43. The molecule has 0 bridgehead atoms. The van der Waals surface area contributed by atoms with E-state index in [1.807, 2.05) is 0 Å². The molecule has 2 aromatic rings. The van der Waals surface area contributed by atoms with Gasteiger partial charge >= 0.3 is 6.18 Å². The topological polar surface area (TPSA) is 26.0 Å². The lowest BCUT2D eigenvalue weighted by Gasteiger charge is -2.11. The Labute approximate surface area is 107 Å². The Balaban J connectivity index is 2.54. The van der Waals surface area contributed by atoms with E-state index in [4.69, 9.17) is 5.73 Å². The predicted octanol–water partition coefficient (Wildman–Crippen LogP) is 3.97. The zero-order chi connectivity index (χ0) is 14.0. The van der Waals surface area contributed by atoms with Crippen LogP contribution in [-0.4, -0.2) is 0 Å². The zero-order valence-electron chi connectivity index (χ0n) is 9.84. The minimum atomic E-state index is -4.43. The van der Waals surface area contributed by atoms with Crippen LogP contribution in [-0.2, 0) is 12.7 Å². The molecule has 0 amide bonds. The van der Waals surface area contributed by atoms with Gasteiger partial charge < -0.3 is 5.73 Å². The smallest absolute Gasteiger partial charge is 0.326 e. The molecule has 0 fully saturated rings. The first kappa shape index (κ1) is 13.5. The molecule has 0 aromatic heterocycles. The second kappa shape index (κ2) is 5.01. The Bertz CT molecular complexity index is 573. The first-order chi connectivity index (χ1) is 8.90. The molecule has 2 rings (SSSR count). The summed E-state index contributed by atoms with van der Waals surface area (Å²) < 4.78 is 51.1. The van der Waals surface area contributed by atoms with Crippen molar-refractivity contribution in [1.82, 2.24) is 0 Å². The van der Waals surface area contributed by atoms with Crippen molar-refractivity contribution >= 4 is 0 Å². The van der Waals surface area contributed by atoms with E-state index in [-0.39, 0.29) is 6.54 Å². The van der Waals surface area contributed by atoms with Crippen molar-refractivity contribution in [2.75, 3.05) is 0 Å². The summed E-state index contributed by atoms with van der Waals surface area (Å²) in [6.45, 7) is 0.0120. The lowest BCUT2D eigenvalue weighted by Crippen LogP contribution is -2.07. The van der Waals surface area contributed by atoms with Crippen molar-refractivity contribution < 1.29 is 17.6 Å². The van der Waals surface area contributed by atoms with Crippen LogP contribution in [0.4, 0.5) is 17.6 Å². The van der Waals surface area contributed by atoms with Gasteiger partial charge in [0, 0.05) is 6.54 Å². The van der Waals surface area contributed by atoms with Gasteiger partial charge in [-0.3, -0.25) is 0 Å². The minimum Gasteiger partial charge on any atom is -0.326 e. The molecule has 0 aliphatic heterocycles. The number of nitrogens with two attached hydrogens (primary N) is 1. The van der Waals surface area contributed by atoms with Gasteiger partial charge in [-0.2, -0.15) is 13.2 Å². The Hall–Kier alpha value is -1.88. The third kappa shape index (κ3) is 3.12. The first-order valence-corrected chi connectivity index (χ1v) is 5.57. The van der Waals surface area contributed by atoms with Gasteiger partial charge in [0.05, 0.1) is 5.56 Å². The largest absolute Gasteiger partial charge is 0.416 e. The van der Waals surface area contributed by atoms with Gasteiger partial charge in [-0.1, -0.05) is 12.1 Å². The van der Waals surface area contributed by atoms with E-state index in [0.29, 0.717) is 16.7 Å². The van der Waals surface area contributed by atoms with Gasteiger partial charge in [0.1, 0.15) is 5.82 Å². The summed E-state index contributed by atoms with van der Waals surface area (Å²) >= 11 is 0. The maximum Gasteiger partial charge on any atom is 0.416 e. The third-order valence-corrected chi connectivity index (χ3v) is 2.73. The number of benzene rings is 2. The van der Waals surface area contributed by atoms with Crippen molar-refractivity contribution in [3.05, 3.63) is 59.4 Å². The molecule has 0 unspecified atom stereocenters. The number of hydrogen-bond donors (Lipinski definition) is 1. The SMILES string of the molecule is NCc1cc(-c2ccc(F)cc2)cc(C(F)(F)F)c1. The van der Waals surface area contributed by atoms with E-state index in [1.165, 1.54) is 24.3 Å². The van der Waals surface area contributed by atoms with Crippen LogP contribution in [0, 0.1) is 5.82 Å². The lowest BCUT2D eigenvalue weighted by atomic mass is 9.99. The Morgan fingerprint density at radius 2 is 1.53 bits per heavy atom. The molecule has 19 heavy (non-hydrogen) atoms. The van der Waals surface area contributed by atoms with Crippen LogP contribution in [0.25, 0.3) is 11.1 Å². The summed E-state index contributed by atoms with van der Waals surface area (Å²) in [6, 6.07) is 8.91. The molecule has 0 atom stereocenters. The molecule has 2 N–H and O–H groups in total. The summed E-state index contributed by atoms with van der Waals surface area (Å²) in [5.74, 6) is -0.435. The monoisotopic (exact) mass is 269 g/mol. The molecule has 5 heteroatoms. The van der Waals surface area contributed by atoms with Crippen molar-refractivity contribution in [2.45, 2.75) is 12.7 Å². The van der Waals surface area contributed by atoms with Crippen LogP contribution >= 0.6 is 0 Å². The number of rotatable bonds is 2. The fourth-order valence-corrected chi connectivity index (χ4v) is 1.78. The highest BCUT2D eigenvalue weighted by Gasteiger charge is 2.31. The van der Waals surface area contributed by atoms with Crippen molar-refractivity contribution in [3.63, 3.8) is 0 Å². The Morgan fingerprint density at radius 1 is 0.895 bits per heavy atom. The average Bonchev–Trinajstić information content (AvgIpc) is 2.38. The van der Waals surface area contributed by atoms with Crippen molar-refractivity contribution in [2.24, 2.45) is 5.73 Å². The highest BCUT2D eigenvalue weighted by Crippen LogP contribution is 2.33. The second-order valence-corrected chi connectivity index (χ2v) is 4.13. The van der Waals surface area contributed by atoms with E-state index in [2.05, 4.69) is 0 Å². The van der Waals surface area contributed by atoms with Crippen LogP contribution in [0.5, 0.6) is 0 Å². The quantitative estimate of drug-likeness (QED) is 0.820. The summed E-state index contributed by atoms with van der Waals surface area (Å²) in [5.41, 5.74) is 5.92. The fourth-order valence-electron chi connectivity index (χ4n) is 1.78. The molecule has 0 saturated heterocycles. The molecule has 0 spiro atoms. The molecule has 0 radical (unpaired) electrons. The summed E-state index contributed by atoms with van der Waals surface area (Å²) in [7, 11) is 0. The average molecular weight is 269 g/mol. The van der Waals surface area contributed by atoms with E-state index in [0.717, 1.165) is 12.1 Å². The second-order valence-electron chi connectivity index (χ2n) is 4.13. The van der Waals surface area contributed by atoms with Crippen LogP contribution in [0.1, 0.15) is 11.1 Å². The van der Waals surface area contributed by atoms with Gasteiger partial charge in [-0.25, -0.2) is 4.39 Å². The van der Waals surface area contributed by atoms with E-state index < -0.39 is 17.6 Å². The zero-order valence-corrected chi connectivity index (χ0v) is 9.84. The molecular weight excluding hydrogens is 258 g/mol. The maximum atomic E-state index is 12.8.